The molecule has 0 aliphatic rings. The number of hydrogen-bond acceptors (Lipinski definition) is 3. The smallest absolute Gasteiger partial charge is 0.244 e. The van der Waals surface area contributed by atoms with Crippen molar-refractivity contribution in [2.45, 2.75) is 13.8 Å². The molecule has 1 N–H and O–H groups in total. The Morgan fingerprint density at radius 3 is 2.63 bits per heavy atom. The van der Waals surface area contributed by atoms with E-state index in [0.717, 1.165) is 5.56 Å². The van der Waals surface area contributed by atoms with Crippen LogP contribution in [0.3, 0.4) is 0 Å². The Morgan fingerprint density at radius 1 is 1.32 bits per heavy atom. The molecule has 104 valence electrons. The molecule has 1 rings (SSSR count). The molecule has 0 heterocycles. The SMILES string of the molecule is COc1cccc(/C=C/C(=O)NCC(C)C)c1OC. The first-order chi connectivity index (χ1) is 9.08. The maximum absolute atomic E-state index is 11.6. The van der Waals surface area contributed by atoms with Gasteiger partial charge in [-0.3, -0.25) is 4.79 Å². The molecule has 0 radical (unpaired) electrons. The summed E-state index contributed by atoms with van der Waals surface area (Å²) in [6, 6.07) is 5.54. The van der Waals surface area contributed by atoms with Crippen LogP contribution < -0.4 is 14.8 Å². The third kappa shape index (κ3) is 4.66. The fourth-order valence-corrected chi connectivity index (χ4v) is 1.57. The maximum Gasteiger partial charge on any atom is 0.244 e. The van der Waals surface area contributed by atoms with E-state index in [2.05, 4.69) is 19.2 Å². The Morgan fingerprint density at radius 2 is 2.05 bits per heavy atom. The Balaban J connectivity index is 2.78. The van der Waals surface area contributed by atoms with Gasteiger partial charge in [-0.25, -0.2) is 0 Å². The van der Waals surface area contributed by atoms with Crippen LogP contribution in [0.25, 0.3) is 6.08 Å². The first-order valence-electron chi connectivity index (χ1n) is 6.25. The molecule has 0 aromatic heterocycles. The van der Waals surface area contributed by atoms with Crippen molar-refractivity contribution >= 4 is 12.0 Å². The fourth-order valence-electron chi connectivity index (χ4n) is 1.57. The normalized spacial score (nSPS) is 10.8. The number of para-hydroxylation sites is 1. The molecule has 0 saturated carbocycles. The van der Waals surface area contributed by atoms with Gasteiger partial charge in [0.2, 0.25) is 5.91 Å². The number of methoxy groups -OCH3 is 2. The summed E-state index contributed by atoms with van der Waals surface area (Å²) in [6.07, 6.45) is 3.22. The molecule has 0 aliphatic heterocycles. The third-order valence-electron chi connectivity index (χ3n) is 2.53. The molecule has 4 heteroatoms. The molecular formula is C15H21NO3. The van der Waals surface area contributed by atoms with E-state index < -0.39 is 0 Å². The largest absolute Gasteiger partial charge is 0.493 e. The zero-order valence-electron chi connectivity index (χ0n) is 11.9. The minimum absolute atomic E-state index is 0.112. The Kier molecular flexibility index (Phi) is 5.93. The van der Waals surface area contributed by atoms with Gasteiger partial charge < -0.3 is 14.8 Å². The van der Waals surface area contributed by atoms with Gasteiger partial charge >= 0.3 is 0 Å². The Bertz CT molecular complexity index is 453. The molecule has 19 heavy (non-hydrogen) atoms. The zero-order valence-corrected chi connectivity index (χ0v) is 11.9. The summed E-state index contributed by atoms with van der Waals surface area (Å²) < 4.78 is 10.5. The zero-order chi connectivity index (χ0) is 14.3. The average Bonchev–Trinajstić information content (AvgIpc) is 2.42. The Hall–Kier alpha value is -1.97. The van der Waals surface area contributed by atoms with Crippen molar-refractivity contribution in [3.8, 4) is 11.5 Å². The lowest BCUT2D eigenvalue weighted by molar-refractivity contribution is -0.116. The van der Waals surface area contributed by atoms with Crippen molar-refractivity contribution in [2.75, 3.05) is 20.8 Å². The van der Waals surface area contributed by atoms with Crippen LogP contribution in [0.1, 0.15) is 19.4 Å². The summed E-state index contributed by atoms with van der Waals surface area (Å²) in [6.45, 7) is 4.77. The molecule has 4 nitrogen and oxygen atoms in total. The van der Waals surface area contributed by atoms with Gasteiger partial charge in [0.15, 0.2) is 11.5 Å². The number of hydrogen-bond donors (Lipinski definition) is 1. The van der Waals surface area contributed by atoms with Crippen molar-refractivity contribution in [1.29, 1.82) is 0 Å². The highest BCUT2D eigenvalue weighted by Gasteiger charge is 2.07. The summed E-state index contributed by atoms with van der Waals surface area (Å²) in [7, 11) is 3.16. The number of carbonyl (C=O) groups excluding carboxylic acids is 1. The van der Waals surface area contributed by atoms with Crippen LogP contribution >= 0.6 is 0 Å². The molecule has 1 aromatic carbocycles. The van der Waals surface area contributed by atoms with Gasteiger partial charge in [-0.15, -0.1) is 0 Å². The van der Waals surface area contributed by atoms with E-state index in [0.29, 0.717) is 24.0 Å². The maximum atomic E-state index is 11.6. The Labute approximate surface area is 114 Å². The van der Waals surface area contributed by atoms with Crippen molar-refractivity contribution in [1.82, 2.24) is 5.32 Å². The second kappa shape index (κ2) is 7.46. The first kappa shape index (κ1) is 15.1. The summed E-state index contributed by atoms with van der Waals surface area (Å²) in [4.78, 5) is 11.6. The average molecular weight is 263 g/mol. The second-order valence-corrected chi connectivity index (χ2v) is 4.56. The van der Waals surface area contributed by atoms with Gasteiger partial charge in [0.1, 0.15) is 0 Å². The van der Waals surface area contributed by atoms with Crippen LogP contribution in [0.2, 0.25) is 0 Å². The van der Waals surface area contributed by atoms with Crippen molar-refractivity contribution in [3.05, 3.63) is 29.8 Å². The van der Waals surface area contributed by atoms with Crippen LogP contribution in [0.5, 0.6) is 11.5 Å². The molecular weight excluding hydrogens is 242 g/mol. The predicted octanol–water partition coefficient (Wildman–Crippen LogP) is 2.49. The predicted molar refractivity (Wildman–Crippen MR) is 76.4 cm³/mol. The van der Waals surface area contributed by atoms with E-state index in [4.69, 9.17) is 9.47 Å². The van der Waals surface area contributed by atoms with E-state index in [9.17, 15) is 4.79 Å². The minimum atomic E-state index is -0.112. The second-order valence-electron chi connectivity index (χ2n) is 4.56. The fraction of sp³-hybridized carbons (Fsp3) is 0.400. The number of carbonyl (C=O) groups is 1. The number of nitrogens with one attached hydrogen (secondary N) is 1. The van der Waals surface area contributed by atoms with E-state index in [-0.39, 0.29) is 5.91 Å². The van der Waals surface area contributed by atoms with Gasteiger partial charge in [0, 0.05) is 18.2 Å². The van der Waals surface area contributed by atoms with Gasteiger partial charge in [-0.05, 0) is 18.1 Å². The number of rotatable bonds is 6. The highest BCUT2D eigenvalue weighted by molar-refractivity contribution is 5.92. The van der Waals surface area contributed by atoms with E-state index >= 15 is 0 Å². The molecule has 0 fully saturated rings. The van der Waals surface area contributed by atoms with E-state index in [1.807, 2.05) is 18.2 Å². The summed E-state index contributed by atoms with van der Waals surface area (Å²) >= 11 is 0. The lowest BCUT2D eigenvalue weighted by Crippen LogP contribution is -2.25. The van der Waals surface area contributed by atoms with Crippen LogP contribution in [-0.4, -0.2) is 26.7 Å². The topological polar surface area (TPSA) is 47.6 Å². The number of benzene rings is 1. The van der Waals surface area contributed by atoms with Crippen LogP contribution in [0.15, 0.2) is 24.3 Å². The van der Waals surface area contributed by atoms with Crippen molar-refractivity contribution in [2.24, 2.45) is 5.92 Å². The van der Waals surface area contributed by atoms with Gasteiger partial charge in [-0.2, -0.15) is 0 Å². The monoisotopic (exact) mass is 263 g/mol. The highest BCUT2D eigenvalue weighted by atomic mass is 16.5. The summed E-state index contributed by atoms with van der Waals surface area (Å²) in [5, 5.41) is 2.82. The van der Waals surface area contributed by atoms with Crippen molar-refractivity contribution in [3.63, 3.8) is 0 Å². The third-order valence-corrected chi connectivity index (χ3v) is 2.53. The molecule has 0 atom stereocenters. The minimum Gasteiger partial charge on any atom is -0.493 e. The molecule has 0 aliphatic carbocycles. The van der Waals surface area contributed by atoms with Gasteiger partial charge in [0.25, 0.3) is 0 Å². The van der Waals surface area contributed by atoms with Crippen molar-refractivity contribution < 1.29 is 14.3 Å². The molecule has 0 unspecified atom stereocenters. The molecule has 0 saturated heterocycles. The number of amides is 1. The summed E-state index contributed by atoms with van der Waals surface area (Å²) in [5.41, 5.74) is 0.807. The van der Waals surface area contributed by atoms with Gasteiger partial charge in [0.05, 0.1) is 14.2 Å². The first-order valence-corrected chi connectivity index (χ1v) is 6.25. The lowest BCUT2D eigenvalue weighted by atomic mass is 10.1. The van der Waals surface area contributed by atoms with E-state index in [1.54, 1.807) is 20.3 Å². The van der Waals surface area contributed by atoms with Crippen LogP contribution in [-0.2, 0) is 4.79 Å². The molecule has 1 amide bonds. The van der Waals surface area contributed by atoms with Crippen LogP contribution in [0.4, 0.5) is 0 Å². The highest BCUT2D eigenvalue weighted by Crippen LogP contribution is 2.31. The molecule has 0 spiro atoms. The quantitative estimate of drug-likeness (QED) is 0.802. The summed E-state index contributed by atoms with van der Waals surface area (Å²) in [5.74, 6) is 1.59. The lowest BCUT2D eigenvalue weighted by Gasteiger charge is -2.10. The molecule has 0 bridgehead atoms. The van der Waals surface area contributed by atoms with Gasteiger partial charge in [-0.1, -0.05) is 26.0 Å². The van der Waals surface area contributed by atoms with Crippen LogP contribution in [0, 0.1) is 5.92 Å². The standard InChI is InChI=1S/C15H21NO3/c1-11(2)10-16-14(17)9-8-12-6-5-7-13(18-3)15(12)19-4/h5-9,11H,10H2,1-4H3,(H,16,17)/b9-8+. The molecule has 1 aromatic rings. The van der Waals surface area contributed by atoms with E-state index in [1.165, 1.54) is 6.08 Å². The number of ether oxygens (including phenoxy) is 2.